The molecule has 1 aromatic rings. The molecule has 108 valence electrons. The Labute approximate surface area is 119 Å². The second-order valence-corrected chi connectivity index (χ2v) is 5.31. The molecule has 1 aromatic carbocycles. The molecule has 0 amide bonds. The van der Waals surface area contributed by atoms with Crippen LogP contribution in [0.4, 0.5) is 0 Å². The zero-order valence-corrected chi connectivity index (χ0v) is 12.9. The van der Waals surface area contributed by atoms with E-state index in [4.69, 9.17) is 0 Å². The van der Waals surface area contributed by atoms with Crippen molar-refractivity contribution in [3.05, 3.63) is 35.9 Å². The molecule has 2 heteroatoms. The lowest BCUT2D eigenvalue weighted by Gasteiger charge is -2.21. The fourth-order valence-electron chi connectivity index (χ4n) is 2.34. The summed E-state index contributed by atoms with van der Waals surface area (Å²) in [6.07, 6.45) is 3.63. The number of nitrogens with one attached hydrogen (secondary N) is 1. The molecule has 0 bridgehead atoms. The summed E-state index contributed by atoms with van der Waals surface area (Å²) in [4.78, 5) is 2.51. The normalized spacial score (nSPS) is 12.8. The molecule has 0 aliphatic heterocycles. The highest BCUT2D eigenvalue weighted by Crippen LogP contribution is 2.04. The van der Waals surface area contributed by atoms with E-state index >= 15 is 0 Å². The molecule has 1 N–H and O–H groups in total. The monoisotopic (exact) mass is 262 g/mol. The van der Waals surface area contributed by atoms with Gasteiger partial charge in [-0.1, -0.05) is 44.2 Å². The van der Waals surface area contributed by atoms with Crippen LogP contribution in [0.15, 0.2) is 30.3 Å². The zero-order chi connectivity index (χ0) is 13.9. The summed E-state index contributed by atoms with van der Waals surface area (Å²) in [5, 5.41) is 3.63. The SMILES string of the molecule is CCCN(CC)CCNC(C)CCc1ccccc1. The van der Waals surface area contributed by atoms with Crippen molar-refractivity contribution in [2.75, 3.05) is 26.2 Å². The number of nitrogens with zero attached hydrogens (tertiary/aromatic N) is 1. The molecule has 0 fully saturated rings. The van der Waals surface area contributed by atoms with Gasteiger partial charge in [0.15, 0.2) is 0 Å². The summed E-state index contributed by atoms with van der Waals surface area (Å²) in [6.45, 7) is 11.4. The van der Waals surface area contributed by atoms with Crippen LogP contribution in [0.2, 0.25) is 0 Å². The van der Waals surface area contributed by atoms with E-state index in [0.29, 0.717) is 6.04 Å². The van der Waals surface area contributed by atoms with E-state index in [1.54, 1.807) is 0 Å². The summed E-state index contributed by atoms with van der Waals surface area (Å²) < 4.78 is 0. The molecule has 1 atom stereocenters. The first-order valence-electron chi connectivity index (χ1n) is 7.75. The van der Waals surface area contributed by atoms with E-state index in [1.807, 2.05) is 0 Å². The van der Waals surface area contributed by atoms with E-state index in [2.05, 4.69) is 61.3 Å². The zero-order valence-electron chi connectivity index (χ0n) is 12.9. The minimum Gasteiger partial charge on any atom is -0.313 e. The average molecular weight is 262 g/mol. The summed E-state index contributed by atoms with van der Waals surface area (Å²) in [5.41, 5.74) is 1.44. The van der Waals surface area contributed by atoms with E-state index in [-0.39, 0.29) is 0 Å². The molecule has 0 saturated carbocycles. The number of hydrogen-bond acceptors (Lipinski definition) is 2. The van der Waals surface area contributed by atoms with Gasteiger partial charge in [0.2, 0.25) is 0 Å². The van der Waals surface area contributed by atoms with Crippen molar-refractivity contribution >= 4 is 0 Å². The van der Waals surface area contributed by atoms with Gasteiger partial charge < -0.3 is 10.2 Å². The summed E-state index contributed by atoms with van der Waals surface area (Å²) in [6, 6.07) is 11.4. The Morgan fingerprint density at radius 3 is 2.47 bits per heavy atom. The molecule has 0 saturated heterocycles. The van der Waals surface area contributed by atoms with Crippen molar-refractivity contribution in [2.45, 2.75) is 46.1 Å². The quantitative estimate of drug-likeness (QED) is 0.696. The van der Waals surface area contributed by atoms with E-state index < -0.39 is 0 Å². The Balaban J connectivity index is 2.12. The van der Waals surface area contributed by atoms with E-state index in [1.165, 1.54) is 37.9 Å². The van der Waals surface area contributed by atoms with Crippen LogP contribution in [0.3, 0.4) is 0 Å². The molecule has 0 radical (unpaired) electrons. The first-order chi connectivity index (χ1) is 9.26. The van der Waals surface area contributed by atoms with E-state index in [0.717, 1.165) is 13.1 Å². The largest absolute Gasteiger partial charge is 0.313 e. The lowest BCUT2D eigenvalue weighted by Crippen LogP contribution is -2.36. The molecule has 0 heterocycles. The predicted molar refractivity (Wildman–Crippen MR) is 84.6 cm³/mol. The van der Waals surface area contributed by atoms with Gasteiger partial charge in [-0.25, -0.2) is 0 Å². The van der Waals surface area contributed by atoms with Crippen molar-refractivity contribution in [2.24, 2.45) is 0 Å². The third-order valence-electron chi connectivity index (χ3n) is 3.62. The minimum atomic E-state index is 0.598. The fourth-order valence-corrected chi connectivity index (χ4v) is 2.34. The Morgan fingerprint density at radius 1 is 1.11 bits per heavy atom. The van der Waals surface area contributed by atoms with Crippen molar-refractivity contribution in [3.8, 4) is 0 Å². The Hall–Kier alpha value is -0.860. The molecule has 0 aliphatic rings. The maximum atomic E-state index is 3.63. The van der Waals surface area contributed by atoms with Crippen LogP contribution in [-0.2, 0) is 6.42 Å². The molecule has 1 rings (SSSR count). The number of hydrogen-bond donors (Lipinski definition) is 1. The second-order valence-electron chi connectivity index (χ2n) is 5.31. The van der Waals surface area contributed by atoms with Crippen molar-refractivity contribution < 1.29 is 0 Å². The second kappa shape index (κ2) is 9.99. The first-order valence-corrected chi connectivity index (χ1v) is 7.75. The average Bonchev–Trinajstić information content (AvgIpc) is 2.45. The highest BCUT2D eigenvalue weighted by atomic mass is 15.1. The van der Waals surface area contributed by atoms with Crippen LogP contribution >= 0.6 is 0 Å². The third kappa shape index (κ3) is 7.34. The van der Waals surface area contributed by atoms with Gasteiger partial charge in [0, 0.05) is 19.1 Å². The molecule has 19 heavy (non-hydrogen) atoms. The van der Waals surface area contributed by atoms with Crippen LogP contribution in [0.1, 0.15) is 39.2 Å². The maximum absolute atomic E-state index is 3.63. The Kier molecular flexibility index (Phi) is 8.52. The maximum Gasteiger partial charge on any atom is 0.0107 e. The summed E-state index contributed by atoms with van der Waals surface area (Å²) >= 11 is 0. The lowest BCUT2D eigenvalue weighted by molar-refractivity contribution is 0.282. The first kappa shape index (κ1) is 16.2. The molecule has 1 unspecified atom stereocenters. The Bertz CT molecular complexity index is 310. The van der Waals surface area contributed by atoms with Gasteiger partial charge in [-0.2, -0.15) is 0 Å². The number of aryl methyl sites for hydroxylation is 1. The van der Waals surface area contributed by atoms with Crippen LogP contribution in [-0.4, -0.2) is 37.1 Å². The molecule has 0 spiro atoms. The van der Waals surface area contributed by atoms with Crippen molar-refractivity contribution in [3.63, 3.8) is 0 Å². The number of rotatable bonds is 10. The van der Waals surface area contributed by atoms with Gasteiger partial charge in [-0.05, 0) is 44.8 Å². The summed E-state index contributed by atoms with van der Waals surface area (Å²) in [5.74, 6) is 0. The standard InChI is InChI=1S/C17H30N2/c1-4-14-19(5-2)15-13-18-16(3)11-12-17-9-7-6-8-10-17/h6-10,16,18H,4-5,11-15H2,1-3H3. The Morgan fingerprint density at radius 2 is 1.84 bits per heavy atom. The molecular weight excluding hydrogens is 232 g/mol. The molecule has 0 aromatic heterocycles. The molecular formula is C17H30N2. The minimum absolute atomic E-state index is 0.598. The highest BCUT2D eigenvalue weighted by molar-refractivity contribution is 5.14. The van der Waals surface area contributed by atoms with Gasteiger partial charge in [-0.15, -0.1) is 0 Å². The highest BCUT2D eigenvalue weighted by Gasteiger charge is 2.04. The number of benzene rings is 1. The fraction of sp³-hybridized carbons (Fsp3) is 0.647. The van der Waals surface area contributed by atoms with Gasteiger partial charge in [0.1, 0.15) is 0 Å². The van der Waals surface area contributed by atoms with Crippen molar-refractivity contribution in [1.82, 2.24) is 10.2 Å². The van der Waals surface area contributed by atoms with Gasteiger partial charge >= 0.3 is 0 Å². The van der Waals surface area contributed by atoms with Gasteiger partial charge in [0.05, 0.1) is 0 Å². The molecule has 2 nitrogen and oxygen atoms in total. The van der Waals surface area contributed by atoms with Crippen LogP contribution in [0.5, 0.6) is 0 Å². The lowest BCUT2D eigenvalue weighted by atomic mass is 10.1. The third-order valence-corrected chi connectivity index (χ3v) is 3.62. The van der Waals surface area contributed by atoms with Gasteiger partial charge in [-0.3, -0.25) is 0 Å². The smallest absolute Gasteiger partial charge is 0.0107 e. The van der Waals surface area contributed by atoms with Crippen LogP contribution < -0.4 is 5.32 Å². The van der Waals surface area contributed by atoms with Crippen LogP contribution in [0, 0.1) is 0 Å². The predicted octanol–water partition coefficient (Wildman–Crippen LogP) is 3.33. The van der Waals surface area contributed by atoms with Crippen molar-refractivity contribution in [1.29, 1.82) is 0 Å². The topological polar surface area (TPSA) is 15.3 Å². The van der Waals surface area contributed by atoms with Gasteiger partial charge in [0.25, 0.3) is 0 Å². The van der Waals surface area contributed by atoms with Crippen LogP contribution in [0.25, 0.3) is 0 Å². The van der Waals surface area contributed by atoms with E-state index in [9.17, 15) is 0 Å². The summed E-state index contributed by atoms with van der Waals surface area (Å²) in [7, 11) is 0. The number of likely N-dealkylation sites (N-methyl/N-ethyl adjacent to an activating group) is 1. The molecule has 0 aliphatic carbocycles.